The molecule has 4 aromatic rings. The van der Waals surface area contributed by atoms with E-state index in [1.807, 2.05) is 31.2 Å². The minimum absolute atomic E-state index is 0.141. The Hall–Kier alpha value is -2.63. The highest BCUT2D eigenvalue weighted by atomic mass is 35.5. The molecule has 0 saturated carbocycles. The largest absolute Gasteiger partial charge is 0.268 e. The van der Waals surface area contributed by atoms with Gasteiger partial charge in [0, 0.05) is 10.8 Å². The summed E-state index contributed by atoms with van der Waals surface area (Å²) in [7, 11) is 0. The fourth-order valence-electron chi connectivity index (χ4n) is 2.99. The van der Waals surface area contributed by atoms with Crippen molar-refractivity contribution in [2.75, 3.05) is 0 Å². The summed E-state index contributed by atoms with van der Waals surface area (Å²) in [5.74, 6) is 0.286. The summed E-state index contributed by atoms with van der Waals surface area (Å²) in [6, 6.07) is 19.1. The number of para-hydroxylation sites is 1. The van der Waals surface area contributed by atoms with E-state index < -0.39 is 0 Å². The summed E-state index contributed by atoms with van der Waals surface area (Å²) < 4.78 is 14.8. The molecule has 0 radical (unpaired) electrons. The van der Waals surface area contributed by atoms with Gasteiger partial charge in [-0.05, 0) is 54.4 Å². The molecule has 3 nitrogen and oxygen atoms in total. The molecule has 0 aliphatic heterocycles. The lowest BCUT2D eigenvalue weighted by Crippen LogP contribution is -2.22. The molecule has 0 fully saturated rings. The first-order chi connectivity index (χ1) is 13.5. The quantitative estimate of drug-likeness (QED) is 0.316. The molecule has 0 aliphatic rings. The first kappa shape index (κ1) is 18.7. The second-order valence-corrected chi connectivity index (χ2v) is 7.78. The van der Waals surface area contributed by atoms with E-state index >= 15 is 0 Å². The monoisotopic (exact) mass is 410 g/mol. The van der Waals surface area contributed by atoms with Crippen molar-refractivity contribution in [3.63, 3.8) is 0 Å². The molecule has 6 heteroatoms. The summed E-state index contributed by atoms with van der Waals surface area (Å²) in [6.07, 6.45) is 0. The predicted octanol–water partition coefficient (Wildman–Crippen LogP) is 5.78. The van der Waals surface area contributed by atoms with E-state index in [4.69, 9.17) is 16.6 Å². The Kier molecular flexibility index (Phi) is 5.20. The Balaban J connectivity index is 1.87. The molecule has 0 spiro atoms. The van der Waals surface area contributed by atoms with Crippen molar-refractivity contribution in [2.24, 2.45) is 0 Å². The fourth-order valence-corrected chi connectivity index (χ4v) is 4.12. The number of benzene rings is 3. The van der Waals surface area contributed by atoms with Crippen LogP contribution in [0.1, 0.15) is 11.1 Å². The van der Waals surface area contributed by atoms with Gasteiger partial charge in [0.05, 0.1) is 16.6 Å². The van der Waals surface area contributed by atoms with E-state index in [0.29, 0.717) is 26.8 Å². The molecule has 0 atom stereocenters. The van der Waals surface area contributed by atoms with Crippen molar-refractivity contribution in [2.45, 2.75) is 17.8 Å². The van der Waals surface area contributed by atoms with Crippen molar-refractivity contribution in [1.82, 2.24) is 9.55 Å². The molecule has 1 aromatic heterocycles. The van der Waals surface area contributed by atoms with Gasteiger partial charge >= 0.3 is 0 Å². The number of hydrogen-bond donors (Lipinski definition) is 0. The number of rotatable bonds is 4. The lowest BCUT2D eigenvalue weighted by Gasteiger charge is -2.15. The van der Waals surface area contributed by atoms with E-state index in [1.165, 1.54) is 23.9 Å². The topological polar surface area (TPSA) is 34.9 Å². The van der Waals surface area contributed by atoms with Crippen LogP contribution in [0, 0.1) is 12.7 Å². The van der Waals surface area contributed by atoms with Crippen LogP contribution in [-0.2, 0) is 5.75 Å². The Morgan fingerprint density at radius 1 is 1.07 bits per heavy atom. The van der Waals surface area contributed by atoms with Gasteiger partial charge in [0.2, 0.25) is 0 Å². The number of nitrogens with zero attached hydrogens (tertiary/aromatic N) is 2. The van der Waals surface area contributed by atoms with Crippen LogP contribution in [-0.4, -0.2) is 9.55 Å². The first-order valence-corrected chi connectivity index (χ1v) is 10.0. The van der Waals surface area contributed by atoms with Crippen LogP contribution in [0.4, 0.5) is 4.39 Å². The standard InChI is InChI=1S/C22H16ClFN2OS/c1-14-4-2-3-5-20(14)26-21(27)18-11-8-16(23)12-19(18)25-22(26)28-13-15-6-9-17(24)10-7-15/h2-12H,13H2,1H3. The van der Waals surface area contributed by atoms with Crippen LogP contribution in [0.2, 0.25) is 5.02 Å². The van der Waals surface area contributed by atoms with Gasteiger partial charge in [-0.2, -0.15) is 0 Å². The maximum atomic E-state index is 13.3. The van der Waals surface area contributed by atoms with Crippen LogP contribution in [0.3, 0.4) is 0 Å². The van der Waals surface area contributed by atoms with Crippen LogP contribution < -0.4 is 5.56 Å². The SMILES string of the molecule is Cc1ccccc1-n1c(SCc2ccc(F)cc2)nc2cc(Cl)ccc2c1=O. The van der Waals surface area contributed by atoms with Gasteiger partial charge in [-0.15, -0.1) is 0 Å². The van der Waals surface area contributed by atoms with Crippen molar-refractivity contribution >= 4 is 34.3 Å². The molecule has 28 heavy (non-hydrogen) atoms. The molecule has 0 N–H and O–H groups in total. The molecule has 0 amide bonds. The van der Waals surface area contributed by atoms with Crippen molar-refractivity contribution in [1.29, 1.82) is 0 Å². The van der Waals surface area contributed by atoms with E-state index in [0.717, 1.165) is 16.8 Å². The number of thioether (sulfide) groups is 1. The third-order valence-electron chi connectivity index (χ3n) is 4.44. The van der Waals surface area contributed by atoms with Crippen molar-refractivity contribution in [3.8, 4) is 5.69 Å². The van der Waals surface area contributed by atoms with E-state index in [1.54, 1.807) is 34.9 Å². The Morgan fingerprint density at radius 2 is 1.82 bits per heavy atom. The van der Waals surface area contributed by atoms with Gasteiger partial charge < -0.3 is 0 Å². The average molecular weight is 411 g/mol. The smallest absolute Gasteiger partial charge is 0.266 e. The van der Waals surface area contributed by atoms with Crippen LogP contribution >= 0.6 is 23.4 Å². The average Bonchev–Trinajstić information content (AvgIpc) is 2.68. The molecular formula is C22H16ClFN2OS. The first-order valence-electron chi connectivity index (χ1n) is 8.68. The molecule has 0 unspecified atom stereocenters. The maximum Gasteiger partial charge on any atom is 0.266 e. The van der Waals surface area contributed by atoms with Gasteiger partial charge in [0.25, 0.3) is 5.56 Å². The highest BCUT2D eigenvalue weighted by Gasteiger charge is 2.15. The normalized spacial score (nSPS) is 11.1. The third kappa shape index (κ3) is 3.68. The zero-order valence-corrected chi connectivity index (χ0v) is 16.6. The summed E-state index contributed by atoms with van der Waals surface area (Å²) in [5.41, 5.74) is 3.13. The van der Waals surface area contributed by atoms with Crippen molar-refractivity contribution < 1.29 is 4.39 Å². The Labute approximate surface area is 170 Å². The molecule has 0 aliphatic carbocycles. The lowest BCUT2D eigenvalue weighted by atomic mass is 10.2. The van der Waals surface area contributed by atoms with Crippen LogP contribution in [0.15, 0.2) is 76.7 Å². The Bertz CT molecular complexity index is 1220. The molecule has 3 aromatic carbocycles. The molecule has 0 bridgehead atoms. The van der Waals surface area contributed by atoms with Crippen LogP contribution in [0.25, 0.3) is 16.6 Å². The second kappa shape index (κ2) is 7.78. The molecule has 1 heterocycles. The number of hydrogen-bond acceptors (Lipinski definition) is 3. The second-order valence-electron chi connectivity index (χ2n) is 6.40. The summed E-state index contributed by atoms with van der Waals surface area (Å²) in [6.45, 7) is 1.96. The van der Waals surface area contributed by atoms with E-state index in [2.05, 4.69) is 0 Å². The maximum absolute atomic E-state index is 13.3. The van der Waals surface area contributed by atoms with Gasteiger partial charge in [-0.1, -0.05) is 53.7 Å². The van der Waals surface area contributed by atoms with Crippen LogP contribution in [0.5, 0.6) is 0 Å². The zero-order valence-electron chi connectivity index (χ0n) is 15.0. The fraction of sp³-hybridized carbons (Fsp3) is 0.0909. The van der Waals surface area contributed by atoms with E-state index in [-0.39, 0.29) is 11.4 Å². The van der Waals surface area contributed by atoms with Gasteiger partial charge in [-0.3, -0.25) is 9.36 Å². The predicted molar refractivity (Wildman–Crippen MR) is 113 cm³/mol. The third-order valence-corrected chi connectivity index (χ3v) is 5.68. The molecule has 140 valence electrons. The van der Waals surface area contributed by atoms with Crippen molar-refractivity contribution in [3.05, 3.63) is 99.1 Å². The van der Waals surface area contributed by atoms with Gasteiger partial charge in [0.1, 0.15) is 5.82 Å². The summed E-state index contributed by atoms with van der Waals surface area (Å²) >= 11 is 7.53. The summed E-state index contributed by atoms with van der Waals surface area (Å²) in [4.78, 5) is 18.0. The number of aryl methyl sites for hydroxylation is 1. The molecular weight excluding hydrogens is 395 g/mol. The van der Waals surface area contributed by atoms with Gasteiger partial charge in [-0.25, -0.2) is 9.37 Å². The Morgan fingerprint density at radius 3 is 2.57 bits per heavy atom. The zero-order chi connectivity index (χ0) is 19.7. The highest BCUT2D eigenvalue weighted by molar-refractivity contribution is 7.98. The number of fused-ring (bicyclic) bond motifs is 1. The molecule has 4 rings (SSSR count). The minimum atomic E-state index is -0.274. The number of halogens is 2. The highest BCUT2D eigenvalue weighted by Crippen LogP contribution is 2.26. The lowest BCUT2D eigenvalue weighted by molar-refractivity contribution is 0.627. The number of aromatic nitrogens is 2. The summed E-state index contributed by atoms with van der Waals surface area (Å²) in [5, 5.41) is 1.61. The van der Waals surface area contributed by atoms with E-state index in [9.17, 15) is 9.18 Å². The molecule has 0 saturated heterocycles. The minimum Gasteiger partial charge on any atom is -0.268 e. The van der Waals surface area contributed by atoms with Gasteiger partial charge in [0.15, 0.2) is 5.16 Å².